The maximum Gasteiger partial charge on any atom is 0.279 e. The number of aromatic nitrogens is 4. The summed E-state index contributed by atoms with van der Waals surface area (Å²) in [6, 6.07) is 0. The second kappa shape index (κ2) is 6.06. The molecular formula is C13H15N7O4. The van der Waals surface area contributed by atoms with Gasteiger partial charge in [0.15, 0.2) is 22.8 Å². The highest BCUT2D eigenvalue weighted by Gasteiger charge is 2.47. The molecule has 0 spiro atoms. The number of hydrogen-bond donors (Lipinski definition) is 3. The van der Waals surface area contributed by atoms with E-state index in [2.05, 4.69) is 31.6 Å². The van der Waals surface area contributed by atoms with Crippen LogP contribution in [0.3, 0.4) is 0 Å². The topological polar surface area (TPSA) is 162 Å². The molecule has 1 aliphatic heterocycles. The summed E-state index contributed by atoms with van der Waals surface area (Å²) in [6.45, 7) is 3.33. The zero-order valence-electron chi connectivity index (χ0n) is 12.5. The van der Waals surface area contributed by atoms with Gasteiger partial charge in [0.05, 0.1) is 19.0 Å². The fourth-order valence-corrected chi connectivity index (χ4v) is 2.92. The van der Waals surface area contributed by atoms with Crippen LogP contribution in [0.5, 0.6) is 0 Å². The first kappa shape index (κ1) is 16.1. The van der Waals surface area contributed by atoms with Gasteiger partial charge in [-0.3, -0.25) is 9.36 Å². The highest BCUT2D eigenvalue weighted by atomic mass is 16.6. The van der Waals surface area contributed by atoms with Crippen molar-refractivity contribution in [2.75, 3.05) is 6.61 Å². The van der Waals surface area contributed by atoms with E-state index in [1.54, 1.807) is 6.08 Å². The molecular weight excluding hydrogens is 318 g/mol. The number of ether oxygens (including phenoxy) is 1. The Kier molecular flexibility index (Phi) is 4.08. The van der Waals surface area contributed by atoms with Crippen LogP contribution in [0.1, 0.15) is 12.8 Å². The minimum Gasteiger partial charge on any atom is -0.394 e. The Hall–Kier alpha value is -2.72. The molecule has 0 aromatic carbocycles. The molecule has 1 aliphatic rings. The van der Waals surface area contributed by atoms with E-state index in [1.165, 1.54) is 10.9 Å². The summed E-state index contributed by atoms with van der Waals surface area (Å²) in [7, 11) is 0. The summed E-state index contributed by atoms with van der Waals surface area (Å²) >= 11 is 0. The van der Waals surface area contributed by atoms with Crippen LogP contribution >= 0.6 is 0 Å². The zero-order valence-corrected chi connectivity index (χ0v) is 12.5. The van der Waals surface area contributed by atoms with E-state index in [1.807, 2.05) is 0 Å². The van der Waals surface area contributed by atoms with Crippen molar-refractivity contribution < 1.29 is 14.9 Å². The molecule has 0 aliphatic carbocycles. The largest absolute Gasteiger partial charge is 0.394 e. The number of H-pyrrole nitrogens is 1. The third kappa shape index (κ3) is 2.45. The molecule has 3 atom stereocenters. The van der Waals surface area contributed by atoms with E-state index in [0.29, 0.717) is 0 Å². The third-order valence-electron chi connectivity index (χ3n) is 3.94. The number of nitrogens with one attached hydrogen (secondary N) is 1. The number of azide groups is 1. The van der Waals surface area contributed by atoms with Crippen LogP contribution in [0.25, 0.3) is 21.6 Å². The van der Waals surface area contributed by atoms with Gasteiger partial charge in [0.2, 0.25) is 0 Å². The minimum absolute atomic E-state index is 0.0425. The van der Waals surface area contributed by atoms with E-state index >= 15 is 0 Å². The van der Waals surface area contributed by atoms with Gasteiger partial charge in [-0.05, 0) is 10.6 Å². The van der Waals surface area contributed by atoms with Crippen molar-refractivity contribution in [1.29, 1.82) is 0 Å². The second-order valence-corrected chi connectivity index (χ2v) is 5.42. The van der Waals surface area contributed by atoms with Gasteiger partial charge < -0.3 is 19.9 Å². The Labute approximate surface area is 134 Å². The summed E-state index contributed by atoms with van der Waals surface area (Å²) in [5.41, 5.74) is 7.05. The monoisotopic (exact) mass is 333 g/mol. The molecule has 126 valence electrons. The van der Waals surface area contributed by atoms with Crippen molar-refractivity contribution in [3.8, 4) is 0 Å². The molecule has 3 heterocycles. The molecule has 0 bridgehead atoms. The summed E-state index contributed by atoms with van der Waals surface area (Å²) < 4.78 is 7.33. The fourth-order valence-electron chi connectivity index (χ4n) is 2.92. The van der Waals surface area contributed by atoms with Gasteiger partial charge in [-0.2, -0.15) is 0 Å². The van der Waals surface area contributed by atoms with E-state index in [-0.39, 0.29) is 36.6 Å². The van der Waals surface area contributed by atoms with Crippen LogP contribution in [0.4, 0.5) is 5.95 Å². The van der Waals surface area contributed by atoms with E-state index < -0.39 is 23.5 Å². The molecule has 24 heavy (non-hydrogen) atoms. The van der Waals surface area contributed by atoms with Crippen LogP contribution < -0.4 is 5.56 Å². The van der Waals surface area contributed by atoms with Gasteiger partial charge in [0.25, 0.3) is 5.56 Å². The summed E-state index contributed by atoms with van der Waals surface area (Å²) in [5, 5.41) is 22.8. The lowest BCUT2D eigenvalue weighted by Gasteiger charge is -2.29. The lowest BCUT2D eigenvalue weighted by atomic mass is 10.0. The molecule has 0 saturated carbocycles. The number of hydrogen-bond acceptors (Lipinski definition) is 7. The molecule has 11 heteroatoms. The minimum atomic E-state index is -1.10. The Bertz CT molecular complexity index is 884. The van der Waals surface area contributed by atoms with Crippen LogP contribution in [0.2, 0.25) is 0 Å². The molecule has 1 fully saturated rings. The van der Waals surface area contributed by atoms with E-state index in [4.69, 9.17) is 10.3 Å². The Morgan fingerprint density at radius 2 is 2.50 bits per heavy atom. The summed E-state index contributed by atoms with van der Waals surface area (Å²) in [5.74, 6) is -0.206. The molecule has 3 N–H and O–H groups in total. The van der Waals surface area contributed by atoms with Gasteiger partial charge in [-0.15, -0.1) is 6.58 Å². The Balaban J connectivity index is 2.21. The van der Waals surface area contributed by atoms with Crippen molar-refractivity contribution in [3.05, 3.63) is 39.8 Å². The molecule has 2 aromatic rings. The normalized spacial score (nSPS) is 26.4. The lowest BCUT2D eigenvalue weighted by Crippen LogP contribution is -2.34. The van der Waals surface area contributed by atoms with Crippen LogP contribution in [0, 0.1) is 0 Å². The SMILES string of the molecule is C=CC[C@]1(n2cnc3c(=O)[nH]c(N=[N+]=[N-])nc32)C[C@H](O)[C@@H](CO)O1. The fraction of sp³-hybridized carbons (Fsp3) is 0.462. The predicted molar refractivity (Wildman–Crippen MR) is 82.3 cm³/mol. The van der Waals surface area contributed by atoms with Gasteiger partial charge >= 0.3 is 0 Å². The van der Waals surface area contributed by atoms with Crippen molar-refractivity contribution in [2.45, 2.75) is 30.8 Å². The number of rotatable bonds is 5. The highest BCUT2D eigenvalue weighted by Crippen LogP contribution is 2.39. The number of imidazole rings is 1. The van der Waals surface area contributed by atoms with Gasteiger partial charge in [0, 0.05) is 17.8 Å². The molecule has 0 unspecified atom stereocenters. The quantitative estimate of drug-likeness (QED) is 0.311. The second-order valence-electron chi connectivity index (χ2n) is 5.42. The number of aliphatic hydroxyl groups is 2. The Morgan fingerprint density at radius 1 is 1.71 bits per heavy atom. The zero-order chi connectivity index (χ0) is 17.3. The molecule has 11 nitrogen and oxygen atoms in total. The molecule has 2 aromatic heterocycles. The maximum absolute atomic E-state index is 12.0. The van der Waals surface area contributed by atoms with Crippen molar-refractivity contribution in [3.63, 3.8) is 0 Å². The Morgan fingerprint density at radius 3 is 3.12 bits per heavy atom. The molecule has 0 radical (unpaired) electrons. The first-order chi connectivity index (χ1) is 11.5. The average Bonchev–Trinajstić information content (AvgIpc) is 3.10. The maximum atomic E-state index is 12.0. The predicted octanol–water partition coefficient (Wildman–Crippen LogP) is 0.432. The highest BCUT2D eigenvalue weighted by molar-refractivity contribution is 5.70. The molecule has 1 saturated heterocycles. The van der Waals surface area contributed by atoms with Crippen LogP contribution in [-0.4, -0.2) is 48.5 Å². The van der Waals surface area contributed by atoms with Crippen LogP contribution in [-0.2, 0) is 10.5 Å². The van der Waals surface area contributed by atoms with E-state index in [0.717, 1.165) is 0 Å². The van der Waals surface area contributed by atoms with Gasteiger partial charge in [0.1, 0.15) is 6.10 Å². The smallest absolute Gasteiger partial charge is 0.279 e. The number of aliphatic hydroxyl groups excluding tert-OH is 2. The summed E-state index contributed by atoms with van der Waals surface area (Å²) in [4.78, 5) is 25.1. The van der Waals surface area contributed by atoms with E-state index in [9.17, 15) is 15.0 Å². The average molecular weight is 333 g/mol. The standard InChI is InChI=1S/C13H15N7O4/c1-2-3-13(4-7(22)8(5-21)24-13)20-6-15-9-10(20)16-12(18-19-14)17-11(9)23/h2,6-8,21-22H,1,3-5H2,(H,16,17,23)/t7-,8+,13+/m0/s1. The summed E-state index contributed by atoms with van der Waals surface area (Å²) in [6.07, 6.45) is 1.73. The van der Waals surface area contributed by atoms with Gasteiger partial charge in [-0.25, -0.2) is 9.97 Å². The van der Waals surface area contributed by atoms with Crippen LogP contribution in [0.15, 0.2) is 28.9 Å². The van der Waals surface area contributed by atoms with Crippen molar-refractivity contribution in [1.82, 2.24) is 19.5 Å². The van der Waals surface area contributed by atoms with Gasteiger partial charge in [-0.1, -0.05) is 6.08 Å². The molecule has 3 rings (SSSR count). The van der Waals surface area contributed by atoms with Crippen molar-refractivity contribution >= 4 is 17.1 Å². The first-order valence-electron chi connectivity index (χ1n) is 7.15. The molecule has 0 amide bonds. The van der Waals surface area contributed by atoms with Crippen molar-refractivity contribution in [2.24, 2.45) is 5.11 Å². The number of aromatic amines is 1. The lowest BCUT2D eigenvalue weighted by molar-refractivity contribution is -0.113. The number of nitrogens with zero attached hydrogens (tertiary/aromatic N) is 6. The number of fused-ring (bicyclic) bond motifs is 1. The first-order valence-corrected chi connectivity index (χ1v) is 7.15. The third-order valence-corrected chi connectivity index (χ3v) is 3.94.